The van der Waals surface area contributed by atoms with Crippen molar-refractivity contribution in [1.29, 1.82) is 0 Å². The summed E-state index contributed by atoms with van der Waals surface area (Å²) in [6, 6.07) is 4.48. The first-order valence-corrected chi connectivity index (χ1v) is 3.51. The van der Waals surface area contributed by atoms with Crippen molar-refractivity contribution in [3.63, 3.8) is 0 Å². The molecule has 0 fully saturated rings. The maximum absolute atomic E-state index is 10.3. The molecule has 0 spiro atoms. The number of aldehydes is 1. The van der Waals surface area contributed by atoms with Crippen molar-refractivity contribution in [2.24, 2.45) is 0 Å². The van der Waals surface area contributed by atoms with Crippen LogP contribution >= 0.6 is 0 Å². The molecular weight excluding hydrogens is 174 g/mol. The largest absolute Gasteiger partial charge is 0.299 e. The van der Waals surface area contributed by atoms with Gasteiger partial charge in [0, 0.05) is 5.56 Å². The van der Waals surface area contributed by atoms with Gasteiger partial charge in [0.1, 0.15) is 12.0 Å². The topological polar surface area (TPSA) is 69.4 Å². The Hall–Kier alpha value is -1.91. The molecule has 0 saturated heterocycles. The Labute approximate surface area is 74.0 Å². The lowest BCUT2D eigenvalue weighted by Gasteiger charge is -2.02. The third-order valence-electron chi connectivity index (χ3n) is 1.52. The summed E-state index contributed by atoms with van der Waals surface area (Å²) in [7, 11) is 0. The second-order valence-corrected chi connectivity index (χ2v) is 2.46. The Morgan fingerprint density at radius 2 is 2.23 bits per heavy atom. The Bertz CT molecular complexity index is 348. The van der Waals surface area contributed by atoms with Crippen molar-refractivity contribution in [3.8, 4) is 5.75 Å². The maximum Gasteiger partial charge on any atom is 0.299 e. The number of benzene rings is 1. The van der Waals surface area contributed by atoms with Crippen LogP contribution in [0.25, 0.3) is 0 Å². The molecule has 0 aliphatic carbocycles. The van der Waals surface area contributed by atoms with Crippen molar-refractivity contribution < 1.29 is 14.7 Å². The van der Waals surface area contributed by atoms with Crippen LogP contribution in [0.5, 0.6) is 5.75 Å². The van der Waals surface area contributed by atoms with Crippen LogP contribution in [0.4, 0.5) is 0 Å². The zero-order valence-corrected chi connectivity index (χ0v) is 6.89. The summed E-state index contributed by atoms with van der Waals surface area (Å²) >= 11 is 0. The van der Waals surface area contributed by atoms with Crippen LogP contribution in [0.1, 0.15) is 15.9 Å². The lowest BCUT2D eigenvalue weighted by Crippen LogP contribution is -2.05. The molecule has 0 N–H and O–H groups in total. The monoisotopic (exact) mass is 181 g/mol. The third kappa shape index (κ3) is 2.26. The predicted octanol–water partition coefficient (Wildman–Crippen LogP) is 1.38. The second-order valence-electron chi connectivity index (χ2n) is 2.46. The van der Waals surface area contributed by atoms with Gasteiger partial charge in [-0.25, -0.2) is 0 Å². The first-order valence-electron chi connectivity index (χ1n) is 3.51. The summed E-state index contributed by atoms with van der Waals surface area (Å²) in [6.45, 7) is 1.66. The highest BCUT2D eigenvalue weighted by Gasteiger charge is 2.04. The molecule has 0 atom stereocenters. The first-order chi connectivity index (χ1) is 6.13. The Morgan fingerprint density at radius 3 is 2.77 bits per heavy atom. The number of carbonyl (C=O) groups excluding carboxylic acids is 1. The van der Waals surface area contributed by atoms with Crippen LogP contribution in [0.2, 0.25) is 0 Å². The number of carbonyl (C=O) groups is 1. The van der Waals surface area contributed by atoms with Crippen LogP contribution in [0, 0.1) is 17.0 Å². The minimum Gasteiger partial charge on any atom is -0.298 e. The van der Waals surface area contributed by atoms with Gasteiger partial charge in [-0.1, -0.05) is 12.1 Å². The molecule has 1 rings (SSSR count). The van der Waals surface area contributed by atoms with Crippen molar-refractivity contribution >= 4 is 6.29 Å². The fourth-order valence-electron chi connectivity index (χ4n) is 0.869. The van der Waals surface area contributed by atoms with E-state index < -0.39 is 5.09 Å². The molecule has 1 aromatic carbocycles. The van der Waals surface area contributed by atoms with Crippen molar-refractivity contribution in [1.82, 2.24) is 0 Å². The smallest absolute Gasteiger partial charge is 0.298 e. The molecule has 0 saturated carbocycles. The van der Waals surface area contributed by atoms with Gasteiger partial charge in [0.25, 0.3) is 5.09 Å². The molecule has 1 aromatic rings. The summed E-state index contributed by atoms with van der Waals surface area (Å²) in [6.07, 6.45) is 0.603. The van der Waals surface area contributed by atoms with Crippen LogP contribution in [0.3, 0.4) is 0 Å². The normalized spacial score (nSPS) is 9.31. The summed E-state index contributed by atoms with van der Waals surface area (Å²) in [5.74, 6) is 0.0922. The van der Waals surface area contributed by atoms with Crippen LogP contribution in [-0.2, 0) is 0 Å². The van der Waals surface area contributed by atoms with E-state index >= 15 is 0 Å². The summed E-state index contributed by atoms with van der Waals surface area (Å²) in [5.41, 5.74) is 0.963. The van der Waals surface area contributed by atoms with Crippen molar-refractivity contribution in [2.75, 3.05) is 0 Å². The molecule has 0 heterocycles. The highest BCUT2D eigenvalue weighted by atomic mass is 17.0. The van der Waals surface area contributed by atoms with E-state index in [-0.39, 0.29) is 5.75 Å². The number of nitrogens with zero attached hydrogens (tertiary/aromatic N) is 1. The molecule has 13 heavy (non-hydrogen) atoms. The van der Waals surface area contributed by atoms with E-state index in [1.54, 1.807) is 19.1 Å². The molecular formula is C8H7NO4. The van der Waals surface area contributed by atoms with E-state index in [4.69, 9.17) is 0 Å². The molecule has 0 radical (unpaired) electrons. The summed E-state index contributed by atoms with van der Waals surface area (Å²) in [4.78, 5) is 24.6. The van der Waals surface area contributed by atoms with Gasteiger partial charge in [0.15, 0.2) is 0 Å². The van der Waals surface area contributed by atoms with Gasteiger partial charge < -0.3 is 0 Å². The first kappa shape index (κ1) is 9.18. The average molecular weight is 181 g/mol. The van der Waals surface area contributed by atoms with Crippen LogP contribution in [-0.4, -0.2) is 11.4 Å². The molecule has 0 unspecified atom stereocenters. The minimum atomic E-state index is -0.906. The molecule has 0 aromatic heterocycles. The highest BCUT2D eigenvalue weighted by molar-refractivity contribution is 5.75. The molecule has 0 bridgehead atoms. The van der Waals surface area contributed by atoms with E-state index in [1.165, 1.54) is 6.07 Å². The average Bonchev–Trinajstić information content (AvgIpc) is 2.08. The molecule has 68 valence electrons. The lowest BCUT2D eigenvalue weighted by molar-refractivity contribution is -0.711. The molecule has 5 heteroatoms. The molecule has 5 nitrogen and oxygen atoms in total. The number of hydrogen-bond acceptors (Lipinski definition) is 4. The van der Waals surface area contributed by atoms with E-state index in [0.717, 1.165) is 0 Å². The quantitative estimate of drug-likeness (QED) is 0.401. The SMILES string of the molecule is Cc1ccc(C=O)cc1O[N+](=O)[O-]. The van der Waals surface area contributed by atoms with E-state index in [1.807, 2.05) is 0 Å². The molecule has 0 aliphatic heterocycles. The van der Waals surface area contributed by atoms with Gasteiger partial charge >= 0.3 is 0 Å². The predicted molar refractivity (Wildman–Crippen MR) is 44.2 cm³/mol. The Balaban J connectivity index is 3.03. The van der Waals surface area contributed by atoms with Gasteiger partial charge in [-0.05, 0) is 18.6 Å². The fraction of sp³-hybridized carbons (Fsp3) is 0.125. The van der Waals surface area contributed by atoms with E-state index in [9.17, 15) is 14.9 Å². The Morgan fingerprint density at radius 1 is 1.54 bits per heavy atom. The Kier molecular flexibility index (Phi) is 2.59. The fourth-order valence-corrected chi connectivity index (χ4v) is 0.869. The van der Waals surface area contributed by atoms with Crippen molar-refractivity contribution in [3.05, 3.63) is 39.4 Å². The zero-order chi connectivity index (χ0) is 9.84. The standard InChI is InChI=1S/C8H7NO4/c1-6-2-3-7(5-10)4-8(6)13-9(11)12/h2-5H,1H3. The number of rotatable bonds is 3. The summed E-state index contributed by atoms with van der Waals surface area (Å²) < 4.78 is 0. The van der Waals surface area contributed by atoms with Gasteiger partial charge in [-0.3, -0.25) is 9.63 Å². The number of aryl methyl sites for hydroxylation is 1. The summed E-state index contributed by atoms with van der Waals surface area (Å²) in [5, 5.41) is 9.11. The molecule has 0 aliphatic rings. The second kappa shape index (κ2) is 3.66. The van der Waals surface area contributed by atoms with E-state index in [0.29, 0.717) is 17.4 Å². The highest BCUT2D eigenvalue weighted by Crippen LogP contribution is 2.18. The minimum absolute atomic E-state index is 0.0922. The van der Waals surface area contributed by atoms with Gasteiger partial charge in [0.05, 0.1) is 0 Å². The van der Waals surface area contributed by atoms with Gasteiger partial charge in [-0.2, -0.15) is 0 Å². The zero-order valence-electron chi connectivity index (χ0n) is 6.89. The van der Waals surface area contributed by atoms with Gasteiger partial charge in [0.2, 0.25) is 0 Å². The molecule has 0 amide bonds. The van der Waals surface area contributed by atoms with E-state index in [2.05, 4.69) is 4.84 Å². The van der Waals surface area contributed by atoms with Crippen LogP contribution in [0.15, 0.2) is 18.2 Å². The van der Waals surface area contributed by atoms with Gasteiger partial charge in [-0.15, -0.1) is 10.1 Å². The maximum atomic E-state index is 10.3. The lowest BCUT2D eigenvalue weighted by atomic mass is 10.1. The van der Waals surface area contributed by atoms with Crippen molar-refractivity contribution in [2.45, 2.75) is 6.92 Å². The number of hydrogen-bond donors (Lipinski definition) is 0. The third-order valence-corrected chi connectivity index (χ3v) is 1.52. The van der Waals surface area contributed by atoms with Crippen LogP contribution < -0.4 is 4.84 Å².